The van der Waals surface area contributed by atoms with Crippen molar-refractivity contribution in [2.24, 2.45) is 5.41 Å². The van der Waals surface area contributed by atoms with Crippen LogP contribution in [0.25, 0.3) is 0 Å². The first kappa shape index (κ1) is 16.3. The van der Waals surface area contributed by atoms with Gasteiger partial charge in [0, 0.05) is 33.4 Å². The van der Waals surface area contributed by atoms with Gasteiger partial charge in [-0.3, -0.25) is 0 Å². The number of rotatable bonds is 7. The Morgan fingerprint density at radius 2 is 2.00 bits per heavy atom. The molecule has 0 unspecified atom stereocenters. The third kappa shape index (κ3) is 4.73. The van der Waals surface area contributed by atoms with Crippen LogP contribution in [0.5, 0.6) is 0 Å². The maximum absolute atomic E-state index is 13.4. The molecule has 1 heterocycles. The summed E-state index contributed by atoms with van der Waals surface area (Å²) in [5, 5.41) is 3.39. The van der Waals surface area contributed by atoms with Crippen LogP contribution in [0.3, 0.4) is 0 Å². The Morgan fingerprint density at radius 1 is 1.24 bits per heavy atom. The average Bonchev–Trinajstić information content (AvgIpc) is 2.49. The molecule has 0 bridgehead atoms. The largest absolute Gasteiger partial charge is 0.383 e. The third-order valence-corrected chi connectivity index (χ3v) is 4.10. The second-order valence-electron chi connectivity index (χ2n) is 5.71. The van der Waals surface area contributed by atoms with Crippen molar-refractivity contribution in [1.29, 1.82) is 0 Å². The van der Waals surface area contributed by atoms with Crippen LogP contribution in [-0.4, -0.2) is 40.0 Å². The second-order valence-corrected chi connectivity index (χ2v) is 5.71. The fourth-order valence-electron chi connectivity index (χ4n) is 2.83. The highest BCUT2D eigenvalue weighted by Crippen LogP contribution is 2.34. The highest BCUT2D eigenvalue weighted by molar-refractivity contribution is 5.19. The lowest BCUT2D eigenvalue weighted by Gasteiger charge is -2.37. The summed E-state index contributed by atoms with van der Waals surface area (Å²) in [4.78, 5) is 0. The molecule has 5 heteroatoms. The lowest BCUT2D eigenvalue weighted by molar-refractivity contribution is 0.0143. The molecule has 0 amide bonds. The Kier molecular flexibility index (Phi) is 6.08. The molecule has 1 fully saturated rings. The van der Waals surface area contributed by atoms with E-state index in [4.69, 9.17) is 9.47 Å². The van der Waals surface area contributed by atoms with Gasteiger partial charge < -0.3 is 14.8 Å². The predicted molar refractivity (Wildman–Crippen MR) is 77.3 cm³/mol. The molecule has 0 radical (unpaired) electrons. The molecule has 1 aliphatic heterocycles. The zero-order valence-electron chi connectivity index (χ0n) is 12.5. The SMILES string of the molecule is COCCNCC1(Cc2ccc(F)c(F)c2)CCOCC1. The summed E-state index contributed by atoms with van der Waals surface area (Å²) in [5.74, 6) is -1.57. The van der Waals surface area contributed by atoms with Gasteiger partial charge in [0.15, 0.2) is 11.6 Å². The van der Waals surface area contributed by atoms with Crippen LogP contribution < -0.4 is 5.32 Å². The molecular formula is C16H23F2NO2. The minimum Gasteiger partial charge on any atom is -0.383 e. The van der Waals surface area contributed by atoms with Gasteiger partial charge in [0.1, 0.15) is 0 Å². The summed E-state index contributed by atoms with van der Waals surface area (Å²) in [6, 6.07) is 4.18. The smallest absolute Gasteiger partial charge is 0.159 e. The van der Waals surface area contributed by atoms with Crippen molar-refractivity contribution < 1.29 is 18.3 Å². The minimum atomic E-state index is -0.794. The van der Waals surface area contributed by atoms with Crippen LogP contribution in [0.15, 0.2) is 18.2 Å². The Morgan fingerprint density at radius 3 is 2.67 bits per heavy atom. The monoisotopic (exact) mass is 299 g/mol. The van der Waals surface area contributed by atoms with E-state index in [2.05, 4.69) is 5.32 Å². The molecule has 0 aliphatic carbocycles. The lowest BCUT2D eigenvalue weighted by Crippen LogP contribution is -2.41. The van der Waals surface area contributed by atoms with Crippen molar-refractivity contribution in [2.45, 2.75) is 19.3 Å². The molecule has 1 aromatic carbocycles. The normalized spacial score (nSPS) is 17.9. The van der Waals surface area contributed by atoms with Crippen molar-refractivity contribution in [1.82, 2.24) is 5.32 Å². The van der Waals surface area contributed by atoms with Gasteiger partial charge >= 0.3 is 0 Å². The van der Waals surface area contributed by atoms with E-state index in [9.17, 15) is 8.78 Å². The molecule has 0 spiro atoms. The number of hydrogen-bond donors (Lipinski definition) is 1. The number of methoxy groups -OCH3 is 1. The molecule has 0 aromatic heterocycles. The summed E-state index contributed by atoms with van der Waals surface area (Å²) in [7, 11) is 1.67. The van der Waals surface area contributed by atoms with E-state index in [1.807, 2.05) is 0 Å². The van der Waals surface area contributed by atoms with Gasteiger partial charge in [0.05, 0.1) is 6.61 Å². The maximum atomic E-state index is 13.4. The molecule has 21 heavy (non-hydrogen) atoms. The molecule has 3 nitrogen and oxygen atoms in total. The molecular weight excluding hydrogens is 276 g/mol. The standard InChI is InChI=1S/C16H23F2NO2/c1-20-9-6-19-12-16(4-7-21-8-5-16)11-13-2-3-14(17)15(18)10-13/h2-3,10,19H,4-9,11-12H2,1H3. The lowest BCUT2D eigenvalue weighted by atomic mass is 9.75. The molecule has 2 rings (SSSR count). The Balaban J connectivity index is 2.02. The minimum absolute atomic E-state index is 0.0380. The fourth-order valence-corrected chi connectivity index (χ4v) is 2.83. The number of hydrogen-bond acceptors (Lipinski definition) is 3. The second kappa shape index (κ2) is 7.82. The first-order chi connectivity index (χ1) is 10.2. The number of benzene rings is 1. The van der Waals surface area contributed by atoms with E-state index in [0.717, 1.165) is 51.1 Å². The third-order valence-electron chi connectivity index (χ3n) is 4.10. The summed E-state index contributed by atoms with van der Waals surface area (Å²) in [6.45, 7) is 3.72. The summed E-state index contributed by atoms with van der Waals surface area (Å²) >= 11 is 0. The van der Waals surface area contributed by atoms with E-state index >= 15 is 0 Å². The average molecular weight is 299 g/mol. The molecule has 0 atom stereocenters. The number of nitrogens with one attached hydrogen (secondary N) is 1. The van der Waals surface area contributed by atoms with E-state index in [-0.39, 0.29) is 5.41 Å². The Labute approximate surface area is 124 Å². The zero-order chi connectivity index (χ0) is 15.1. The van der Waals surface area contributed by atoms with Gasteiger partial charge in [-0.05, 0) is 42.4 Å². The summed E-state index contributed by atoms with van der Waals surface area (Å²) in [6.07, 6.45) is 2.57. The van der Waals surface area contributed by atoms with Crippen molar-refractivity contribution in [3.63, 3.8) is 0 Å². The molecule has 118 valence electrons. The summed E-state index contributed by atoms with van der Waals surface area (Å²) < 4.78 is 36.9. The highest BCUT2D eigenvalue weighted by atomic mass is 19.2. The Bertz CT molecular complexity index is 448. The first-order valence-electron chi connectivity index (χ1n) is 7.37. The summed E-state index contributed by atoms with van der Waals surface area (Å²) in [5.41, 5.74) is 0.875. The fraction of sp³-hybridized carbons (Fsp3) is 0.625. The number of halogens is 2. The van der Waals surface area contributed by atoms with Crippen molar-refractivity contribution in [2.75, 3.05) is 40.0 Å². The molecule has 0 saturated carbocycles. The Hall–Kier alpha value is -1.04. The van der Waals surface area contributed by atoms with E-state index < -0.39 is 11.6 Å². The van der Waals surface area contributed by atoms with Gasteiger partial charge in [-0.2, -0.15) is 0 Å². The van der Waals surface area contributed by atoms with Gasteiger partial charge in [0.2, 0.25) is 0 Å². The molecule has 1 aliphatic rings. The van der Waals surface area contributed by atoms with Gasteiger partial charge in [-0.1, -0.05) is 6.07 Å². The molecule has 1 N–H and O–H groups in total. The van der Waals surface area contributed by atoms with Crippen molar-refractivity contribution in [3.05, 3.63) is 35.4 Å². The quantitative estimate of drug-likeness (QED) is 0.785. The molecule has 1 aromatic rings. The van der Waals surface area contributed by atoms with E-state index in [1.54, 1.807) is 13.2 Å². The molecule has 1 saturated heterocycles. The van der Waals surface area contributed by atoms with Gasteiger partial charge in [-0.25, -0.2) is 8.78 Å². The topological polar surface area (TPSA) is 30.5 Å². The van der Waals surface area contributed by atoms with Crippen LogP contribution >= 0.6 is 0 Å². The van der Waals surface area contributed by atoms with Crippen LogP contribution in [0.4, 0.5) is 8.78 Å². The van der Waals surface area contributed by atoms with Crippen molar-refractivity contribution >= 4 is 0 Å². The maximum Gasteiger partial charge on any atom is 0.159 e. The van der Waals surface area contributed by atoms with Gasteiger partial charge in [0.25, 0.3) is 0 Å². The zero-order valence-corrected chi connectivity index (χ0v) is 12.5. The predicted octanol–water partition coefficient (Wildman–Crippen LogP) is 2.54. The number of ether oxygens (including phenoxy) is 2. The van der Waals surface area contributed by atoms with E-state index in [0.29, 0.717) is 6.61 Å². The van der Waals surface area contributed by atoms with Gasteiger partial charge in [-0.15, -0.1) is 0 Å². The highest BCUT2D eigenvalue weighted by Gasteiger charge is 2.32. The van der Waals surface area contributed by atoms with Crippen LogP contribution in [-0.2, 0) is 15.9 Å². The van der Waals surface area contributed by atoms with Crippen molar-refractivity contribution in [3.8, 4) is 0 Å². The first-order valence-corrected chi connectivity index (χ1v) is 7.37. The van der Waals surface area contributed by atoms with Crippen LogP contribution in [0.1, 0.15) is 18.4 Å². The van der Waals surface area contributed by atoms with Crippen LogP contribution in [0, 0.1) is 17.0 Å². The van der Waals surface area contributed by atoms with E-state index in [1.165, 1.54) is 12.1 Å². The van der Waals surface area contributed by atoms with Crippen LogP contribution in [0.2, 0.25) is 0 Å².